The Kier molecular flexibility index (Phi) is 9.09. The molecule has 1 N–H and O–H groups in total. The molecule has 3 nitrogen and oxygen atoms in total. The van der Waals surface area contributed by atoms with E-state index in [0.29, 0.717) is 13.2 Å². The molecule has 0 heterocycles. The van der Waals surface area contributed by atoms with Gasteiger partial charge in [-0.25, -0.2) is 0 Å². The van der Waals surface area contributed by atoms with Crippen LogP contribution in [0.5, 0.6) is 0 Å². The lowest BCUT2D eigenvalue weighted by molar-refractivity contribution is -0.139. The Morgan fingerprint density at radius 2 is 1.75 bits per heavy atom. The third-order valence-electron chi connectivity index (χ3n) is 3.17. The van der Waals surface area contributed by atoms with E-state index in [1.54, 1.807) is 0 Å². The normalized spacial score (nSPS) is 11.0. The first-order chi connectivity index (χ1) is 9.81. The molecule has 0 aliphatic rings. The van der Waals surface area contributed by atoms with Crippen LogP contribution in [0.15, 0.2) is 24.3 Å². The van der Waals surface area contributed by atoms with Crippen molar-refractivity contribution in [1.82, 2.24) is 0 Å². The minimum absolute atomic E-state index is 0.0577. The molecule has 1 aromatic rings. The molecule has 114 valence electrons. The van der Waals surface area contributed by atoms with Crippen LogP contribution in [0.2, 0.25) is 0 Å². The van der Waals surface area contributed by atoms with Gasteiger partial charge in [0.1, 0.15) is 0 Å². The molecular weight excluding hydrogens is 250 g/mol. The quantitative estimate of drug-likeness (QED) is 0.486. The van der Waals surface area contributed by atoms with Gasteiger partial charge in [0.2, 0.25) is 0 Å². The van der Waals surface area contributed by atoms with Crippen molar-refractivity contribution in [3.63, 3.8) is 0 Å². The van der Waals surface area contributed by atoms with Crippen LogP contribution < -0.4 is 5.32 Å². The van der Waals surface area contributed by atoms with Crippen LogP contribution in [0.3, 0.4) is 0 Å². The largest absolute Gasteiger partial charge is 0.385 e. The van der Waals surface area contributed by atoms with Crippen LogP contribution in [0.4, 0.5) is 5.69 Å². The number of benzene rings is 1. The highest BCUT2D eigenvalue weighted by atomic mass is 16.7. The minimum Gasteiger partial charge on any atom is -0.385 e. The highest BCUT2D eigenvalue weighted by Crippen LogP contribution is 2.17. The second kappa shape index (κ2) is 10.7. The Morgan fingerprint density at radius 1 is 1.05 bits per heavy atom. The van der Waals surface area contributed by atoms with E-state index in [1.165, 1.54) is 17.7 Å². The second-order valence-electron chi connectivity index (χ2n) is 4.82. The summed E-state index contributed by atoms with van der Waals surface area (Å²) in [5, 5.41) is 3.53. The van der Waals surface area contributed by atoms with Crippen molar-refractivity contribution in [3.05, 3.63) is 29.8 Å². The fraction of sp³-hybridized carbons (Fsp3) is 0.647. The first kappa shape index (κ1) is 17.0. The van der Waals surface area contributed by atoms with Crippen molar-refractivity contribution in [3.8, 4) is 0 Å². The predicted molar refractivity (Wildman–Crippen MR) is 85.2 cm³/mol. The highest BCUT2D eigenvalue weighted by molar-refractivity contribution is 5.51. The molecule has 0 radical (unpaired) electrons. The number of rotatable bonds is 11. The third-order valence-corrected chi connectivity index (χ3v) is 3.17. The van der Waals surface area contributed by atoms with Crippen LogP contribution >= 0.6 is 0 Å². The Morgan fingerprint density at radius 3 is 2.40 bits per heavy atom. The summed E-state index contributed by atoms with van der Waals surface area (Å²) in [5.74, 6) is 0. The molecule has 0 aliphatic carbocycles. The van der Waals surface area contributed by atoms with Gasteiger partial charge >= 0.3 is 0 Å². The summed E-state index contributed by atoms with van der Waals surface area (Å²) in [6.45, 7) is 8.59. The molecule has 0 atom stereocenters. The lowest BCUT2D eigenvalue weighted by Gasteiger charge is -2.17. The number of ether oxygens (including phenoxy) is 2. The average Bonchev–Trinajstić information content (AvgIpc) is 2.46. The summed E-state index contributed by atoms with van der Waals surface area (Å²) >= 11 is 0. The molecule has 3 heteroatoms. The first-order valence-electron chi connectivity index (χ1n) is 7.86. The highest BCUT2D eigenvalue weighted by Gasteiger charge is 2.07. The molecule has 0 unspecified atom stereocenters. The van der Waals surface area contributed by atoms with Crippen LogP contribution in [0.25, 0.3) is 0 Å². The molecule has 0 spiro atoms. The fourth-order valence-electron chi connectivity index (χ4n) is 2.26. The zero-order chi connectivity index (χ0) is 14.6. The predicted octanol–water partition coefficient (Wildman–Crippen LogP) is 4.23. The van der Waals surface area contributed by atoms with Crippen molar-refractivity contribution in [2.24, 2.45) is 0 Å². The van der Waals surface area contributed by atoms with Gasteiger partial charge in [0.05, 0.1) is 0 Å². The standard InChI is InChI=1S/C17H29NO2/c1-4-10-15-11-7-8-12-16(15)18-14-9-13-17(19-5-2)20-6-3/h7-8,11-12,17-18H,4-6,9-10,13-14H2,1-3H3. The van der Waals surface area contributed by atoms with Gasteiger partial charge in [0.15, 0.2) is 6.29 Å². The van der Waals surface area contributed by atoms with Crippen LogP contribution in [-0.2, 0) is 15.9 Å². The van der Waals surface area contributed by atoms with Gasteiger partial charge < -0.3 is 14.8 Å². The molecule has 0 saturated carbocycles. The van der Waals surface area contributed by atoms with Gasteiger partial charge in [-0.3, -0.25) is 0 Å². The Bertz CT molecular complexity index is 349. The number of anilines is 1. The van der Waals surface area contributed by atoms with E-state index >= 15 is 0 Å². The summed E-state index contributed by atoms with van der Waals surface area (Å²) < 4.78 is 11.1. The molecule has 0 bridgehead atoms. The summed E-state index contributed by atoms with van der Waals surface area (Å²) in [7, 11) is 0. The Labute approximate surface area is 123 Å². The van der Waals surface area contributed by atoms with Gasteiger partial charge in [0, 0.05) is 31.9 Å². The summed E-state index contributed by atoms with van der Waals surface area (Å²) in [6.07, 6.45) is 4.23. The van der Waals surface area contributed by atoms with E-state index in [2.05, 4.69) is 36.5 Å². The summed E-state index contributed by atoms with van der Waals surface area (Å²) in [4.78, 5) is 0. The Hall–Kier alpha value is -1.06. The van der Waals surface area contributed by atoms with Gasteiger partial charge in [-0.15, -0.1) is 0 Å². The number of para-hydroxylation sites is 1. The minimum atomic E-state index is -0.0577. The molecule has 0 aromatic heterocycles. The topological polar surface area (TPSA) is 30.5 Å². The van der Waals surface area contributed by atoms with E-state index < -0.39 is 0 Å². The van der Waals surface area contributed by atoms with Crippen molar-refractivity contribution in [2.45, 2.75) is 52.7 Å². The van der Waals surface area contributed by atoms with Gasteiger partial charge in [-0.2, -0.15) is 0 Å². The number of aryl methyl sites for hydroxylation is 1. The maximum atomic E-state index is 5.55. The number of hydrogen-bond donors (Lipinski definition) is 1. The first-order valence-corrected chi connectivity index (χ1v) is 7.86. The van der Waals surface area contributed by atoms with E-state index in [-0.39, 0.29) is 6.29 Å². The maximum Gasteiger partial charge on any atom is 0.157 e. The van der Waals surface area contributed by atoms with Crippen LogP contribution in [0.1, 0.15) is 45.6 Å². The summed E-state index contributed by atoms with van der Waals surface area (Å²) in [6, 6.07) is 8.56. The zero-order valence-electron chi connectivity index (χ0n) is 13.2. The van der Waals surface area contributed by atoms with Crippen molar-refractivity contribution < 1.29 is 9.47 Å². The van der Waals surface area contributed by atoms with Crippen LogP contribution in [-0.4, -0.2) is 26.0 Å². The van der Waals surface area contributed by atoms with E-state index in [4.69, 9.17) is 9.47 Å². The number of hydrogen-bond acceptors (Lipinski definition) is 3. The van der Waals surface area contributed by atoms with Crippen LogP contribution in [0, 0.1) is 0 Å². The van der Waals surface area contributed by atoms with E-state index in [9.17, 15) is 0 Å². The van der Waals surface area contributed by atoms with Crippen molar-refractivity contribution in [1.29, 1.82) is 0 Å². The molecule has 0 aliphatic heterocycles. The summed E-state index contributed by atoms with van der Waals surface area (Å²) in [5.41, 5.74) is 2.67. The van der Waals surface area contributed by atoms with Gasteiger partial charge in [0.25, 0.3) is 0 Å². The lowest BCUT2D eigenvalue weighted by Crippen LogP contribution is -2.18. The molecule has 0 saturated heterocycles. The molecule has 0 amide bonds. The number of nitrogens with one attached hydrogen (secondary N) is 1. The SMILES string of the molecule is CCCc1ccccc1NCCCC(OCC)OCC. The second-order valence-corrected chi connectivity index (χ2v) is 4.82. The van der Waals surface area contributed by atoms with E-state index in [1.807, 2.05) is 13.8 Å². The van der Waals surface area contributed by atoms with Crippen molar-refractivity contribution >= 4 is 5.69 Å². The van der Waals surface area contributed by atoms with Crippen molar-refractivity contribution in [2.75, 3.05) is 25.1 Å². The van der Waals surface area contributed by atoms with Gasteiger partial charge in [-0.05, 0) is 38.3 Å². The third kappa shape index (κ3) is 6.40. The molecular formula is C17H29NO2. The average molecular weight is 279 g/mol. The monoisotopic (exact) mass is 279 g/mol. The lowest BCUT2D eigenvalue weighted by atomic mass is 10.1. The van der Waals surface area contributed by atoms with E-state index in [0.717, 1.165) is 25.8 Å². The zero-order valence-corrected chi connectivity index (χ0v) is 13.2. The molecule has 1 aromatic carbocycles. The molecule has 0 fully saturated rings. The molecule has 1 rings (SSSR count). The molecule has 20 heavy (non-hydrogen) atoms. The van der Waals surface area contributed by atoms with Gasteiger partial charge in [-0.1, -0.05) is 31.5 Å². The smallest absolute Gasteiger partial charge is 0.157 e. The Balaban J connectivity index is 2.32. The fourth-order valence-corrected chi connectivity index (χ4v) is 2.26. The maximum absolute atomic E-state index is 5.55.